The van der Waals surface area contributed by atoms with E-state index in [-0.39, 0.29) is 17.8 Å². The lowest BCUT2D eigenvalue weighted by molar-refractivity contribution is 0.0292. The van der Waals surface area contributed by atoms with Crippen LogP contribution in [0.2, 0.25) is 0 Å². The molecule has 0 saturated carbocycles. The van der Waals surface area contributed by atoms with Gasteiger partial charge < -0.3 is 9.64 Å². The monoisotopic (exact) mass is 279 g/mol. The van der Waals surface area contributed by atoms with Gasteiger partial charge >= 0.3 is 6.09 Å². The fourth-order valence-corrected chi connectivity index (χ4v) is 2.57. The average Bonchev–Trinajstić information content (AvgIpc) is 2.80. The van der Waals surface area contributed by atoms with Crippen LogP contribution in [0.5, 0.6) is 0 Å². The topological polar surface area (TPSA) is 29.5 Å². The molecule has 1 fully saturated rings. The Kier molecular flexibility index (Phi) is 4.02. The maximum Gasteiger partial charge on any atom is 0.410 e. The minimum Gasteiger partial charge on any atom is -0.444 e. The predicted octanol–water partition coefficient (Wildman–Crippen LogP) is 3.86. The number of rotatable bonds is 1. The molecule has 1 saturated heterocycles. The molecule has 1 amide bonds. The second-order valence-electron chi connectivity index (χ2n) is 6.37. The molecule has 1 aliphatic rings. The van der Waals surface area contributed by atoms with Crippen LogP contribution < -0.4 is 0 Å². The van der Waals surface area contributed by atoms with Gasteiger partial charge in [0.15, 0.2) is 0 Å². The van der Waals surface area contributed by atoms with Crippen LogP contribution in [0, 0.1) is 12.7 Å². The van der Waals surface area contributed by atoms with Crippen molar-refractivity contribution >= 4 is 6.09 Å². The minimum atomic E-state index is -0.482. The summed E-state index contributed by atoms with van der Waals surface area (Å²) in [5.74, 6) is 0.0106. The summed E-state index contributed by atoms with van der Waals surface area (Å²) < 4.78 is 19.0. The van der Waals surface area contributed by atoms with Gasteiger partial charge in [0, 0.05) is 19.0 Å². The Balaban J connectivity index is 2.06. The zero-order valence-corrected chi connectivity index (χ0v) is 12.6. The summed E-state index contributed by atoms with van der Waals surface area (Å²) in [4.78, 5) is 13.7. The molecule has 2 rings (SSSR count). The van der Waals surface area contributed by atoms with E-state index < -0.39 is 5.60 Å². The van der Waals surface area contributed by atoms with Crippen LogP contribution in [-0.4, -0.2) is 29.7 Å². The van der Waals surface area contributed by atoms with Gasteiger partial charge in [0.1, 0.15) is 11.4 Å². The molecule has 0 spiro atoms. The number of amides is 1. The normalized spacial score (nSPS) is 19.2. The Labute approximate surface area is 119 Å². The number of halogens is 1. The molecular formula is C16H22FNO2. The lowest BCUT2D eigenvalue weighted by atomic mass is 9.94. The van der Waals surface area contributed by atoms with Crippen LogP contribution >= 0.6 is 0 Å². The van der Waals surface area contributed by atoms with E-state index in [4.69, 9.17) is 4.74 Å². The van der Waals surface area contributed by atoms with Crippen molar-refractivity contribution in [2.45, 2.75) is 45.6 Å². The Morgan fingerprint density at radius 2 is 2.10 bits per heavy atom. The van der Waals surface area contributed by atoms with E-state index in [1.165, 1.54) is 6.07 Å². The Morgan fingerprint density at radius 3 is 2.75 bits per heavy atom. The molecule has 3 nitrogen and oxygen atoms in total. The maximum absolute atomic E-state index is 13.6. The molecule has 0 N–H and O–H groups in total. The Morgan fingerprint density at radius 1 is 1.40 bits per heavy atom. The van der Waals surface area contributed by atoms with Crippen molar-refractivity contribution in [3.05, 3.63) is 35.1 Å². The minimum absolute atomic E-state index is 0.182. The maximum atomic E-state index is 13.6. The lowest BCUT2D eigenvalue weighted by Crippen LogP contribution is -2.35. The Bertz CT molecular complexity index is 508. The van der Waals surface area contributed by atoms with E-state index >= 15 is 0 Å². The van der Waals surface area contributed by atoms with Crippen molar-refractivity contribution in [1.82, 2.24) is 4.90 Å². The second-order valence-corrected chi connectivity index (χ2v) is 6.37. The summed E-state index contributed by atoms with van der Waals surface area (Å²) in [5, 5.41) is 0. The van der Waals surface area contributed by atoms with Crippen LogP contribution in [-0.2, 0) is 4.74 Å². The first-order valence-electron chi connectivity index (χ1n) is 7.01. The summed E-state index contributed by atoms with van der Waals surface area (Å²) in [7, 11) is 0. The van der Waals surface area contributed by atoms with E-state index in [1.807, 2.05) is 26.8 Å². The smallest absolute Gasteiger partial charge is 0.410 e. The number of hydrogen-bond donors (Lipinski definition) is 0. The molecular weight excluding hydrogens is 257 g/mol. The third-order valence-electron chi connectivity index (χ3n) is 3.59. The van der Waals surface area contributed by atoms with Gasteiger partial charge in [0.25, 0.3) is 0 Å². The second kappa shape index (κ2) is 5.43. The zero-order valence-electron chi connectivity index (χ0n) is 12.6. The number of ether oxygens (including phenoxy) is 1. The van der Waals surface area contributed by atoms with Crippen LogP contribution in [0.15, 0.2) is 18.2 Å². The molecule has 1 atom stereocenters. The van der Waals surface area contributed by atoms with Crippen LogP contribution in [0.25, 0.3) is 0 Å². The summed E-state index contributed by atoms with van der Waals surface area (Å²) in [5.41, 5.74) is 1.20. The van der Waals surface area contributed by atoms with Crippen molar-refractivity contribution < 1.29 is 13.9 Å². The third kappa shape index (κ3) is 3.30. The molecule has 4 heteroatoms. The largest absolute Gasteiger partial charge is 0.444 e. The number of carbonyl (C=O) groups excluding carboxylic acids is 1. The fraction of sp³-hybridized carbons (Fsp3) is 0.562. The van der Waals surface area contributed by atoms with Crippen molar-refractivity contribution in [3.8, 4) is 0 Å². The van der Waals surface area contributed by atoms with E-state index in [0.717, 1.165) is 12.0 Å². The first kappa shape index (κ1) is 14.8. The van der Waals surface area contributed by atoms with E-state index in [9.17, 15) is 9.18 Å². The van der Waals surface area contributed by atoms with Crippen molar-refractivity contribution in [2.24, 2.45) is 0 Å². The average molecular weight is 279 g/mol. The van der Waals surface area contributed by atoms with Crippen molar-refractivity contribution in [1.29, 1.82) is 0 Å². The summed E-state index contributed by atoms with van der Waals surface area (Å²) in [6, 6.07) is 5.15. The van der Waals surface area contributed by atoms with Crippen LogP contribution in [0.4, 0.5) is 9.18 Å². The highest BCUT2D eigenvalue weighted by Gasteiger charge is 2.31. The molecule has 1 unspecified atom stereocenters. The molecule has 1 aromatic carbocycles. The fourth-order valence-electron chi connectivity index (χ4n) is 2.57. The van der Waals surface area contributed by atoms with E-state index in [0.29, 0.717) is 18.7 Å². The molecule has 20 heavy (non-hydrogen) atoms. The van der Waals surface area contributed by atoms with Gasteiger partial charge in [-0.25, -0.2) is 9.18 Å². The molecule has 1 aliphatic heterocycles. The van der Waals surface area contributed by atoms with Gasteiger partial charge in [-0.15, -0.1) is 0 Å². The van der Waals surface area contributed by atoms with Gasteiger partial charge in [-0.3, -0.25) is 0 Å². The SMILES string of the molecule is Cc1c(F)cccc1C1CCN(C(=O)OC(C)(C)C)C1. The first-order valence-corrected chi connectivity index (χ1v) is 7.01. The summed E-state index contributed by atoms with van der Waals surface area (Å²) in [6.45, 7) is 8.62. The van der Waals surface area contributed by atoms with Crippen molar-refractivity contribution in [3.63, 3.8) is 0 Å². The molecule has 0 aromatic heterocycles. The van der Waals surface area contributed by atoms with Gasteiger partial charge in [0.2, 0.25) is 0 Å². The standard InChI is InChI=1S/C16H22FNO2/c1-11-13(6-5-7-14(11)17)12-8-9-18(10-12)15(19)20-16(2,3)4/h5-7,12H,8-10H2,1-4H3. The molecule has 1 heterocycles. The molecule has 0 bridgehead atoms. The quantitative estimate of drug-likeness (QED) is 0.781. The number of benzene rings is 1. The number of nitrogens with zero attached hydrogens (tertiary/aromatic N) is 1. The molecule has 0 radical (unpaired) electrons. The highest BCUT2D eigenvalue weighted by atomic mass is 19.1. The molecule has 110 valence electrons. The lowest BCUT2D eigenvalue weighted by Gasteiger charge is -2.24. The van der Waals surface area contributed by atoms with Gasteiger partial charge in [-0.05, 0) is 51.3 Å². The van der Waals surface area contributed by atoms with E-state index in [1.54, 1.807) is 17.9 Å². The summed E-state index contributed by atoms with van der Waals surface area (Å²) >= 11 is 0. The third-order valence-corrected chi connectivity index (χ3v) is 3.59. The highest BCUT2D eigenvalue weighted by molar-refractivity contribution is 5.68. The summed E-state index contributed by atoms with van der Waals surface area (Å²) in [6.07, 6.45) is 0.567. The van der Waals surface area contributed by atoms with E-state index in [2.05, 4.69) is 0 Å². The number of carbonyl (C=O) groups is 1. The number of hydrogen-bond acceptors (Lipinski definition) is 2. The van der Waals surface area contributed by atoms with Gasteiger partial charge in [-0.1, -0.05) is 12.1 Å². The highest BCUT2D eigenvalue weighted by Crippen LogP contribution is 2.31. The van der Waals surface area contributed by atoms with Gasteiger partial charge in [0.05, 0.1) is 0 Å². The predicted molar refractivity (Wildman–Crippen MR) is 76.3 cm³/mol. The van der Waals surface area contributed by atoms with Crippen molar-refractivity contribution in [2.75, 3.05) is 13.1 Å². The Hall–Kier alpha value is -1.58. The van der Waals surface area contributed by atoms with Crippen LogP contribution in [0.1, 0.15) is 44.2 Å². The van der Waals surface area contributed by atoms with Gasteiger partial charge in [-0.2, -0.15) is 0 Å². The first-order chi connectivity index (χ1) is 9.28. The van der Waals surface area contributed by atoms with Crippen LogP contribution in [0.3, 0.4) is 0 Å². The number of likely N-dealkylation sites (tertiary alicyclic amines) is 1. The molecule has 0 aliphatic carbocycles. The molecule has 1 aromatic rings. The zero-order chi connectivity index (χ0) is 14.9.